The van der Waals surface area contributed by atoms with Crippen molar-refractivity contribution in [1.82, 2.24) is 9.80 Å². The predicted octanol–water partition coefficient (Wildman–Crippen LogP) is 4.53. The summed E-state index contributed by atoms with van der Waals surface area (Å²) in [4.78, 5) is 40.0. The van der Waals surface area contributed by atoms with E-state index in [9.17, 15) is 14.4 Å². The number of hydrogen-bond donors (Lipinski definition) is 3. The molecular formula is C24H29N5O3S. The fraction of sp³-hybridized carbons (Fsp3) is 0.417. The highest BCUT2D eigenvalue weighted by Gasteiger charge is 2.33. The number of benzene rings is 1. The second kappa shape index (κ2) is 9.74. The number of anilines is 2. The number of urea groups is 1. The highest BCUT2D eigenvalue weighted by Crippen LogP contribution is 2.32. The number of imide groups is 1. The van der Waals surface area contributed by atoms with Gasteiger partial charge in [0.15, 0.2) is 0 Å². The molecule has 2 aliphatic rings. The van der Waals surface area contributed by atoms with E-state index in [4.69, 9.17) is 5.41 Å². The van der Waals surface area contributed by atoms with Crippen molar-refractivity contribution in [3.63, 3.8) is 0 Å². The molecule has 174 valence electrons. The Morgan fingerprint density at radius 2 is 1.85 bits per heavy atom. The first-order chi connectivity index (χ1) is 15.8. The Labute approximate surface area is 197 Å². The molecule has 0 atom stereocenters. The van der Waals surface area contributed by atoms with Crippen LogP contribution in [0.15, 0.2) is 30.3 Å². The van der Waals surface area contributed by atoms with Crippen LogP contribution in [0.4, 0.5) is 15.5 Å². The molecule has 0 unspecified atom stereocenters. The van der Waals surface area contributed by atoms with E-state index in [1.165, 1.54) is 40.4 Å². The molecule has 1 saturated heterocycles. The van der Waals surface area contributed by atoms with E-state index < -0.39 is 0 Å². The van der Waals surface area contributed by atoms with Crippen molar-refractivity contribution >= 4 is 45.6 Å². The molecule has 2 aromatic rings. The van der Waals surface area contributed by atoms with Gasteiger partial charge in [-0.2, -0.15) is 0 Å². The van der Waals surface area contributed by atoms with E-state index >= 15 is 0 Å². The molecule has 2 heterocycles. The molecular weight excluding hydrogens is 438 g/mol. The first-order valence-electron chi connectivity index (χ1n) is 11.2. The summed E-state index contributed by atoms with van der Waals surface area (Å²) in [5.74, 6) is -0.439. The maximum absolute atomic E-state index is 12.9. The zero-order valence-electron chi connectivity index (χ0n) is 18.9. The largest absolute Gasteiger partial charge is 0.374 e. The Morgan fingerprint density at radius 3 is 2.45 bits per heavy atom. The lowest BCUT2D eigenvalue weighted by Crippen LogP contribution is -2.31. The van der Waals surface area contributed by atoms with E-state index in [-0.39, 0.29) is 30.9 Å². The molecule has 3 N–H and O–H groups in total. The number of nitrogens with zero attached hydrogens (tertiary/aromatic N) is 2. The number of carbonyl (C=O) groups is 3. The van der Waals surface area contributed by atoms with Gasteiger partial charge < -0.3 is 20.9 Å². The summed E-state index contributed by atoms with van der Waals surface area (Å²) in [5.41, 5.74) is 2.64. The number of hydrogen-bond acceptors (Lipinski definition) is 6. The molecule has 1 saturated carbocycles. The predicted molar refractivity (Wildman–Crippen MR) is 130 cm³/mol. The summed E-state index contributed by atoms with van der Waals surface area (Å²) in [6, 6.07) is 9.00. The monoisotopic (exact) mass is 467 g/mol. The summed E-state index contributed by atoms with van der Waals surface area (Å²) in [7, 11) is 1.60. The molecule has 9 heteroatoms. The molecule has 8 nitrogen and oxygen atoms in total. The van der Waals surface area contributed by atoms with Gasteiger partial charge in [-0.3, -0.25) is 14.5 Å². The quantitative estimate of drug-likeness (QED) is 0.411. The van der Waals surface area contributed by atoms with Gasteiger partial charge in [0.1, 0.15) is 6.54 Å². The minimum Gasteiger partial charge on any atom is -0.374 e. The van der Waals surface area contributed by atoms with Crippen LogP contribution in [0.25, 0.3) is 0 Å². The van der Waals surface area contributed by atoms with Gasteiger partial charge in [0.25, 0.3) is 11.8 Å². The third-order valence-electron chi connectivity index (χ3n) is 6.08. The third kappa shape index (κ3) is 5.24. The molecule has 4 amide bonds. The third-order valence-corrected chi connectivity index (χ3v) is 7.15. The Hall–Kier alpha value is -3.20. The molecule has 0 bridgehead atoms. The van der Waals surface area contributed by atoms with Crippen molar-refractivity contribution < 1.29 is 14.4 Å². The van der Waals surface area contributed by atoms with Crippen LogP contribution in [0.3, 0.4) is 0 Å². The zero-order chi connectivity index (χ0) is 23.5. The summed E-state index contributed by atoms with van der Waals surface area (Å²) in [6.07, 6.45) is 5.93. The average Bonchev–Trinajstić information content (AvgIpc) is 3.32. The molecule has 0 radical (unpaired) electrons. The van der Waals surface area contributed by atoms with E-state index in [1.54, 1.807) is 44.3 Å². The van der Waals surface area contributed by atoms with Crippen molar-refractivity contribution in [3.05, 3.63) is 46.3 Å². The number of likely N-dealkylation sites (N-methyl/N-ethyl adjacent to an activating group) is 1. The smallest absolute Gasteiger partial charge is 0.327 e. The minimum absolute atomic E-state index is 0.0998. The maximum atomic E-state index is 12.9. The van der Waals surface area contributed by atoms with Gasteiger partial charge in [-0.15, -0.1) is 11.3 Å². The van der Waals surface area contributed by atoms with Crippen LogP contribution in [-0.2, 0) is 11.3 Å². The van der Waals surface area contributed by atoms with Crippen LogP contribution in [0, 0.1) is 5.41 Å². The Morgan fingerprint density at radius 1 is 1.15 bits per heavy atom. The van der Waals surface area contributed by atoms with Crippen molar-refractivity contribution in [3.8, 4) is 0 Å². The maximum Gasteiger partial charge on any atom is 0.327 e. The molecule has 0 spiro atoms. The number of nitrogens with one attached hydrogen (secondary N) is 3. The Bertz CT molecular complexity index is 1070. The fourth-order valence-corrected chi connectivity index (χ4v) is 5.30. The van der Waals surface area contributed by atoms with Crippen LogP contribution in [0.2, 0.25) is 0 Å². The summed E-state index contributed by atoms with van der Waals surface area (Å²) in [6.45, 7) is 2.05. The highest BCUT2D eigenvalue weighted by atomic mass is 32.1. The lowest BCUT2D eigenvalue weighted by atomic mass is 9.95. The van der Waals surface area contributed by atoms with Gasteiger partial charge in [-0.05, 0) is 43.5 Å². The van der Waals surface area contributed by atoms with Crippen molar-refractivity contribution in [1.29, 1.82) is 5.41 Å². The molecule has 4 rings (SSSR count). The summed E-state index contributed by atoms with van der Waals surface area (Å²) < 4.78 is 0. The second-order valence-corrected chi connectivity index (χ2v) is 9.78. The van der Waals surface area contributed by atoms with Crippen LogP contribution in [-0.4, -0.2) is 53.0 Å². The van der Waals surface area contributed by atoms with E-state index in [1.807, 2.05) is 0 Å². The Kier molecular flexibility index (Phi) is 6.78. The highest BCUT2D eigenvalue weighted by molar-refractivity contribution is 7.18. The molecule has 1 aromatic heterocycles. The first-order valence-corrected chi connectivity index (χ1v) is 12.0. The first kappa shape index (κ1) is 23.0. The second-order valence-electron chi connectivity index (χ2n) is 8.73. The van der Waals surface area contributed by atoms with E-state index in [0.29, 0.717) is 22.3 Å². The lowest BCUT2D eigenvalue weighted by molar-refractivity contribution is -0.125. The van der Waals surface area contributed by atoms with Gasteiger partial charge >= 0.3 is 6.03 Å². The average molecular weight is 468 g/mol. The lowest BCUT2D eigenvalue weighted by Gasteiger charge is -2.23. The molecule has 2 fully saturated rings. The normalized spacial score (nSPS) is 16.9. The molecule has 1 aliphatic carbocycles. The molecule has 1 aliphatic heterocycles. The SMILES string of the molecule is CC(=N)c1cc(C(=O)Nc2ccc(CN3C(=O)CN(C)C3=O)cc2)sc1NC1CCCCC1. The zero-order valence-corrected chi connectivity index (χ0v) is 19.8. The number of amides is 4. The van der Waals surface area contributed by atoms with Crippen molar-refractivity contribution in [2.75, 3.05) is 24.2 Å². The van der Waals surface area contributed by atoms with Crippen LogP contribution in [0.1, 0.15) is 59.8 Å². The number of rotatable bonds is 7. The summed E-state index contributed by atoms with van der Waals surface area (Å²) >= 11 is 1.38. The van der Waals surface area contributed by atoms with Crippen LogP contribution >= 0.6 is 11.3 Å². The van der Waals surface area contributed by atoms with Crippen molar-refractivity contribution in [2.45, 2.75) is 51.6 Å². The van der Waals surface area contributed by atoms with Crippen LogP contribution < -0.4 is 10.6 Å². The van der Waals surface area contributed by atoms with Crippen LogP contribution in [0.5, 0.6) is 0 Å². The fourth-order valence-electron chi connectivity index (χ4n) is 4.21. The topological polar surface area (TPSA) is 106 Å². The van der Waals surface area contributed by atoms with E-state index in [2.05, 4.69) is 10.6 Å². The van der Waals surface area contributed by atoms with Crippen molar-refractivity contribution in [2.24, 2.45) is 0 Å². The standard InChI is InChI=1S/C24H29N5O3S/c1-15(25)19-12-20(33-23(19)27-17-6-4-3-5-7-17)22(31)26-18-10-8-16(9-11-18)13-29-21(30)14-28(2)24(29)32/h8-12,17,25,27H,3-7,13-14H2,1-2H3,(H,26,31). The van der Waals surface area contributed by atoms with Gasteiger partial charge in [0, 0.05) is 30.1 Å². The Balaban J connectivity index is 1.41. The molecule has 1 aromatic carbocycles. The van der Waals surface area contributed by atoms with Gasteiger partial charge in [-0.25, -0.2) is 4.79 Å². The number of thiophene rings is 1. The molecule has 33 heavy (non-hydrogen) atoms. The van der Waals surface area contributed by atoms with Gasteiger partial charge in [-0.1, -0.05) is 31.4 Å². The number of carbonyl (C=O) groups excluding carboxylic acids is 3. The van der Waals surface area contributed by atoms with E-state index in [0.717, 1.165) is 29.0 Å². The van der Waals surface area contributed by atoms with Gasteiger partial charge in [0.05, 0.1) is 16.4 Å². The summed E-state index contributed by atoms with van der Waals surface area (Å²) in [5, 5.41) is 15.5. The van der Waals surface area contributed by atoms with Gasteiger partial charge in [0.2, 0.25) is 0 Å². The minimum atomic E-state index is -0.301.